The van der Waals surface area contributed by atoms with Crippen LogP contribution in [0.2, 0.25) is 0 Å². The Balaban J connectivity index is -0.0000000799. The van der Waals surface area contributed by atoms with E-state index in [4.69, 9.17) is 19.2 Å². The largest absolute Gasteiger partial charge is 0.466 e. The normalized spacial score (nSPS) is 9.28. The van der Waals surface area contributed by atoms with Crippen LogP contribution < -0.4 is 0 Å². The summed E-state index contributed by atoms with van der Waals surface area (Å²) in [6.07, 6.45) is 10.1. The van der Waals surface area contributed by atoms with Crippen LogP contribution in [0.25, 0.3) is 0 Å². The molecule has 0 aliphatic carbocycles. The monoisotopic (exact) mass is 410 g/mol. The van der Waals surface area contributed by atoms with E-state index >= 15 is 0 Å². The maximum Gasteiger partial charge on any atom is 0.466 e. The van der Waals surface area contributed by atoms with Crippen molar-refractivity contribution in [2.24, 2.45) is 0 Å². The Morgan fingerprint density at radius 2 is 1.06 bits per heavy atom. The van der Waals surface area contributed by atoms with Gasteiger partial charge in [-0.3, -0.25) is 0 Å². The summed E-state index contributed by atoms with van der Waals surface area (Å²) in [6.45, 7) is 11.9. The summed E-state index contributed by atoms with van der Waals surface area (Å²) in [6, 6.07) is 0. The van der Waals surface area contributed by atoms with Crippen molar-refractivity contribution in [3.63, 3.8) is 0 Å². The molecule has 6 heteroatoms. The first-order valence-electron chi connectivity index (χ1n) is 6.20. The molecule has 0 aromatic heterocycles. The number of hydrogen-bond donors (Lipinski definition) is 3. The van der Waals surface area contributed by atoms with Crippen LogP contribution >= 0.6 is 7.82 Å². The van der Waals surface area contributed by atoms with Crippen LogP contribution in [0.4, 0.5) is 0 Å². The van der Waals surface area contributed by atoms with E-state index in [1.54, 1.807) is 0 Å². The minimum absolute atomic E-state index is 0. The van der Waals surface area contributed by atoms with E-state index in [-0.39, 0.29) is 40.8 Å². The molecule has 112 valence electrons. The zero-order valence-corrected chi connectivity index (χ0v) is 15.9. The molecule has 0 bridgehead atoms. The van der Waals surface area contributed by atoms with Gasteiger partial charge in [0, 0.05) is 40.8 Å². The van der Waals surface area contributed by atoms with E-state index in [1.807, 2.05) is 0 Å². The van der Waals surface area contributed by atoms with Crippen molar-refractivity contribution in [1.29, 1.82) is 0 Å². The van der Waals surface area contributed by atoms with Gasteiger partial charge in [0.1, 0.15) is 0 Å². The number of unbranched alkanes of at least 4 members (excludes halogenated alkanes) is 6. The standard InChI is InChI=1S/2C6H13.Nd.H3O4P/c2*1-3-5-6-4-2;;1-5(2,3)4/h2*1,3-6H2,2H3;;(H3,1,2,3,4)/q2*-1;;. The summed E-state index contributed by atoms with van der Waals surface area (Å²) in [5.74, 6) is 0. The zero-order chi connectivity index (χ0) is 14.2. The van der Waals surface area contributed by atoms with Crippen molar-refractivity contribution < 1.29 is 60.1 Å². The second-order valence-corrected chi connectivity index (χ2v) is 4.66. The maximum atomic E-state index is 8.88. The van der Waals surface area contributed by atoms with Gasteiger partial charge in [0.25, 0.3) is 0 Å². The van der Waals surface area contributed by atoms with Crippen molar-refractivity contribution in [3.8, 4) is 0 Å². The smallest absolute Gasteiger partial charge is 0.343 e. The van der Waals surface area contributed by atoms with Gasteiger partial charge in [-0.05, 0) is 0 Å². The van der Waals surface area contributed by atoms with Crippen LogP contribution in [0.1, 0.15) is 65.2 Å². The van der Waals surface area contributed by atoms with Crippen molar-refractivity contribution in [1.82, 2.24) is 0 Å². The van der Waals surface area contributed by atoms with Gasteiger partial charge in [0.15, 0.2) is 0 Å². The van der Waals surface area contributed by atoms with E-state index in [1.165, 1.54) is 38.5 Å². The summed E-state index contributed by atoms with van der Waals surface area (Å²) >= 11 is 0. The third-order valence-electron chi connectivity index (χ3n) is 1.71. The van der Waals surface area contributed by atoms with Gasteiger partial charge < -0.3 is 28.5 Å². The molecule has 0 saturated carbocycles. The van der Waals surface area contributed by atoms with Crippen molar-refractivity contribution >= 4 is 7.82 Å². The SMILES string of the molecule is O=P(O)(O)O.[CH2-]CCCCC.[CH2-]CCCCC.[Nd]. The molecule has 18 heavy (non-hydrogen) atoms. The zero-order valence-electron chi connectivity index (χ0n) is 11.8. The third kappa shape index (κ3) is 85.0. The summed E-state index contributed by atoms with van der Waals surface area (Å²) < 4.78 is 8.88. The predicted molar refractivity (Wildman–Crippen MR) is 73.3 cm³/mol. The third-order valence-corrected chi connectivity index (χ3v) is 1.71. The molecule has 3 N–H and O–H groups in total. The predicted octanol–water partition coefficient (Wildman–Crippen LogP) is 3.87. The van der Waals surface area contributed by atoms with Crippen molar-refractivity contribution in [3.05, 3.63) is 13.8 Å². The number of rotatable bonds is 6. The minimum atomic E-state index is -4.64. The van der Waals surface area contributed by atoms with Crippen LogP contribution in [-0.2, 0) is 4.57 Å². The first kappa shape index (κ1) is 27.7. The average molecular weight is 413 g/mol. The van der Waals surface area contributed by atoms with Crippen LogP contribution in [0, 0.1) is 54.7 Å². The molecule has 0 atom stereocenters. The molecule has 0 fully saturated rings. The fraction of sp³-hybridized carbons (Fsp3) is 0.833. The van der Waals surface area contributed by atoms with Crippen LogP contribution in [0.3, 0.4) is 0 Å². The van der Waals surface area contributed by atoms with Crippen LogP contribution in [-0.4, -0.2) is 14.7 Å². The molecule has 0 aliphatic heterocycles. The molecule has 0 aromatic carbocycles. The average Bonchev–Trinajstić information content (AvgIpc) is 2.22. The molecule has 0 unspecified atom stereocenters. The molecule has 0 heterocycles. The molecular weight excluding hydrogens is 383 g/mol. The quantitative estimate of drug-likeness (QED) is 0.352. The Bertz CT molecular complexity index is 138. The minimum Gasteiger partial charge on any atom is -0.343 e. The molecule has 0 amide bonds. The van der Waals surface area contributed by atoms with Crippen LogP contribution in [0.5, 0.6) is 0 Å². The van der Waals surface area contributed by atoms with Crippen LogP contribution in [0.15, 0.2) is 0 Å². The van der Waals surface area contributed by atoms with Crippen molar-refractivity contribution in [2.75, 3.05) is 0 Å². The van der Waals surface area contributed by atoms with Gasteiger partial charge in [-0.2, -0.15) is 12.8 Å². The fourth-order valence-corrected chi connectivity index (χ4v) is 0.854. The van der Waals surface area contributed by atoms with Gasteiger partial charge in [-0.15, -0.1) is 0 Å². The number of phosphoric acid groups is 1. The molecule has 0 saturated heterocycles. The molecule has 4 nitrogen and oxygen atoms in total. The second-order valence-electron chi connectivity index (χ2n) is 3.63. The first-order chi connectivity index (χ1) is 7.83. The Morgan fingerprint density at radius 1 is 0.833 bits per heavy atom. The van der Waals surface area contributed by atoms with E-state index in [9.17, 15) is 0 Å². The van der Waals surface area contributed by atoms with Gasteiger partial charge in [-0.25, -0.2) is 4.57 Å². The molecule has 0 rings (SSSR count). The van der Waals surface area contributed by atoms with E-state index in [0.717, 1.165) is 12.8 Å². The molecular formula is C12H29NdO4P-2. The Hall–Kier alpha value is 1.46. The second kappa shape index (κ2) is 23.5. The molecule has 0 aliphatic rings. The topological polar surface area (TPSA) is 77.8 Å². The summed E-state index contributed by atoms with van der Waals surface area (Å²) in [4.78, 5) is 21.6. The maximum absolute atomic E-state index is 8.88. The summed E-state index contributed by atoms with van der Waals surface area (Å²) in [7, 11) is -4.64. The fourth-order valence-electron chi connectivity index (χ4n) is 0.854. The number of hydrogen-bond acceptors (Lipinski definition) is 1. The summed E-state index contributed by atoms with van der Waals surface area (Å²) in [5, 5.41) is 0. The molecule has 0 radical (unpaired) electrons. The Kier molecular flexibility index (Phi) is 36.3. The van der Waals surface area contributed by atoms with E-state index in [0.29, 0.717) is 0 Å². The van der Waals surface area contributed by atoms with Crippen molar-refractivity contribution in [2.45, 2.75) is 65.2 Å². The van der Waals surface area contributed by atoms with Gasteiger partial charge in [0.2, 0.25) is 0 Å². The van der Waals surface area contributed by atoms with E-state index in [2.05, 4.69) is 27.7 Å². The molecule has 0 aromatic rings. The van der Waals surface area contributed by atoms with Gasteiger partial charge in [-0.1, -0.05) is 52.4 Å². The van der Waals surface area contributed by atoms with Gasteiger partial charge >= 0.3 is 7.82 Å². The van der Waals surface area contributed by atoms with Gasteiger partial charge in [0.05, 0.1) is 0 Å². The van der Waals surface area contributed by atoms with E-state index < -0.39 is 7.82 Å². The molecule has 0 spiro atoms. The first-order valence-corrected chi connectivity index (χ1v) is 7.76. The Morgan fingerprint density at radius 3 is 1.11 bits per heavy atom. The summed E-state index contributed by atoms with van der Waals surface area (Å²) in [5.41, 5.74) is 0. The Labute approximate surface area is 146 Å².